The lowest BCUT2D eigenvalue weighted by Crippen LogP contribution is -2.48. The predicted molar refractivity (Wildman–Crippen MR) is 101 cm³/mol. The molecule has 0 aliphatic carbocycles. The van der Waals surface area contributed by atoms with E-state index in [-0.39, 0.29) is 17.6 Å². The molecule has 2 bridgehead atoms. The van der Waals surface area contributed by atoms with Gasteiger partial charge in [0.15, 0.2) is 10.9 Å². The zero-order valence-electron chi connectivity index (χ0n) is 15.2. The summed E-state index contributed by atoms with van der Waals surface area (Å²) in [5.74, 6) is -0.703. The number of pyridine rings is 1. The molecule has 0 radical (unpaired) electrons. The predicted octanol–water partition coefficient (Wildman–Crippen LogP) is 2.85. The molecule has 0 spiro atoms. The van der Waals surface area contributed by atoms with Gasteiger partial charge in [-0.2, -0.15) is 13.2 Å². The molecule has 4 heterocycles. The number of hydrogen-bond donors (Lipinski definition) is 2. The van der Waals surface area contributed by atoms with Crippen LogP contribution in [0.3, 0.4) is 0 Å². The van der Waals surface area contributed by atoms with E-state index in [4.69, 9.17) is 0 Å². The zero-order chi connectivity index (χ0) is 20.8. The monoisotopic (exact) mass is 426 g/mol. The topological polar surface area (TPSA) is 90.5 Å². The maximum Gasteiger partial charge on any atom is 0.408 e. The van der Waals surface area contributed by atoms with Crippen LogP contribution >= 0.6 is 11.3 Å². The van der Waals surface area contributed by atoms with Gasteiger partial charge in [0.05, 0.1) is 11.7 Å². The Morgan fingerprint density at radius 1 is 1.34 bits per heavy atom. The standard InChI is InChI=1S/C17H17F3N6O2S/c1-9(17(18,19)20)22-14(27)11-2-3-12-13(23-11)26(10-4-6-25(12)8-10)16(28)24-15-21-5-7-29-15/h2-3,5,7,9-10H,4,6,8H2,1H3,(H,22,27)(H,21,24,28)/t9-,10+/m1/s1. The number of rotatable bonds is 3. The van der Waals surface area contributed by atoms with E-state index >= 15 is 0 Å². The number of fused-ring (bicyclic) bond motifs is 4. The molecule has 2 aliphatic rings. The van der Waals surface area contributed by atoms with Crippen molar-refractivity contribution in [2.75, 3.05) is 28.2 Å². The van der Waals surface area contributed by atoms with Crippen molar-refractivity contribution >= 4 is 39.9 Å². The SMILES string of the molecule is C[C@@H](NC(=O)c1ccc2c(n1)N(C(=O)Nc1nccs1)[C@H]1CCN2C1)C(F)(F)F. The molecule has 2 aromatic heterocycles. The summed E-state index contributed by atoms with van der Waals surface area (Å²) in [4.78, 5) is 36.9. The van der Waals surface area contributed by atoms with Gasteiger partial charge in [0.25, 0.3) is 5.91 Å². The van der Waals surface area contributed by atoms with E-state index in [1.165, 1.54) is 22.3 Å². The summed E-state index contributed by atoms with van der Waals surface area (Å²) < 4.78 is 38.2. The number of urea groups is 1. The second kappa shape index (κ2) is 7.17. The minimum atomic E-state index is -4.56. The first kappa shape index (κ1) is 19.4. The number of carbonyl (C=O) groups is 2. The molecule has 12 heteroatoms. The molecule has 29 heavy (non-hydrogen) atoms. The first-order valence-electron chi connectivity index (χ1n) is 8.87. The van der Waals surface area contributed by atoms with Gasteiger partial charge in [0.1, 0.15) is 11.7 Å². The largest absolute Gasteiger partial charge is 0.408 e. The minimum Gasteiger partial charge on any atom is -0.366 e. The Kier molecular flexibility index (Phi) is 4.81. The van der Waals surface area contributed by atoms with E-state index in [0.717, 1.165) is 13.5 Å². The molecule has 0 aromatic carbocycles. The van der Waals surface area contributed by atoms with E-state index in [0.29, 0.717) is 23.8 Å². The van der Waals surface area contributed by atoms with E-state index < -0.39 is 24.2 Å². The number of nitrogens with zero attached hydrogens (tertiary/aromatic N) is 4. The maximum absolute atomic E-state index is 12.9. The number of amides is 3. The molecule has 0 saturated carbocycles. The van der Waals surface area contributed by atoms with Crippen LogP contribution in [0.5, 0.6) is 0 Å². The molecule has 1 fully saturated rings. The number of halogens is 3. The van der Waals surface area contributed by atoms with Crippen molar-refractivity contribution in [3.8, 4) is 0 Å². The Bertz CT molecular complexity index is 936. The van der Waals surface area contributed by atoms with E-state index in [2.05, 4.69) is 15.3 Å². The minimum absolute atomic E-state index is 0.151. The quantitative estimate of drug-likeness (QED) is 0.788. The lowest BCUT2D eigenvalue weighted by atomic mass is 10.1. The average Bonchev–Trinajstić information content (AvgIpc) is 3.31. The third-order valence-electron chi connectivity index (χ3n) is 4.89. The fourth-order valence-electron chi connectivity index (χ4n) is 3.39. The van der Waals surface area contributed by atoms with Crippen molar-refractivity contribution in [2.45, 2.75) is 31.6 Å². The van der Waals surface area contributed by atoms with Crippen molar-refractivity contribution in [1.29, 1.82) is 0 Å². The van der Waals surface area contributed by atoms with Crippen molar-refractivity contribution in [2.24, 2.45) is 0 Å². The normalized spacial score (nSPS) is 19.0. The van der Waals surface area contributed by atoms with Crippen LogP contribution in [0.2, 0.25) is 0 Å². The highest BCUT2D eigenvalue weighted by Gasteiger charge is 2.41. The Morgan fingerprint density at radius 2 is 2.14 bits per heavy atom. The Balaban J connectivity index is 1.63. The Hall–Kier alpha value is -2.89. The average molecular weight is 426 g/mol. The summed E-state index contributed by atoms with van der Waals surface area (Å²) >= 11 is 1.26. The summed E-state index contributed by atoms with van der Waals surface area (Å²) in [6.45, 7) is 2.20. The summed E-state index contributed by atoms with van der Waals surface area (Å²) in [6, 6.07) is 0.369. The third kappa shape index (κ3) is 3.71. The second-order valence-electron chi connectivity index (χ2n) is 6.80. The fourth-order valence-corrected chi connectivity index (χ4v) is 3.91. The van der Waals surface area contributed by atoms with Crippen LogP contribution in [0, 0.1) is 0 Å². The second-order valence-corrected chi connectivity index (χ2v) is 7.70. The molecule has 2 aliphatic heterocycles. The molecular formula is C17H17F3N6O2S. The number of aromatic nitrogens is 2. The van der Waals surface area contributed by atoms with Crippen LogP contribution in [-0.2, 0) is 0 Å². The third-order valence-corrected chi connectivity index (χ3v) is 5.58. The van der Waals surface area contributed by atoms with Crippen LogP contribution in [0.1, 0.15) is 23.8 Å². The highest BCUT2D eigenvalue weighted by Crippen LogP contribution is 2.39. The van der Waals surface area contributed by atoms with Crippen LogP contribution in [-0.4, -0.2) is 53.3 Å². The Morgan fingerprint density at radius 3 is 2.83 bits per heavy atom. The van der Waals surface area contributed by atoms with Gasteiger partial charge in [-0.05, 0) is 25.5 Å². The van der Waals surface area contributed by atoms with E-state index in [9.17, 15) is 22.8 Å². The first-order chi connectivity index (χ1) is 13.7. The molecule has 1 saturated heterocycles. The van der Waals surface area contributed by atoms with E-state index in [1.54, 1.807) is 17.6 Å². The van der Waals surface area contributed by atoms with Crippen LogP contribution < -0.4 is 20.4 Å². The number of thiazole rings is 1. The molecule has 2 atom stereocenters. The van der Waals surface area contributed by atoms with Gasteiger partial charge < -0.3 is 10.2 Å². The smallest absolute Gasteiger partial charge is 0.366 e. The van der Waals surface area contributed by atoms with Crippen molar-refractivity contribution in [3.05, 3.63) is 29.4 Å². The van der Waals surface area contributed by atoms with E-state index in [1.807, 2.05) is 10.2 Å². The highest BCUT2D eigenvalue weighted by molar-refractivity contribution is 7.13. The first-order valence-corrected chi connectivity index (χ1v) is 9.75. The van der Waals surface area contributed by atoms with Gasteiger partial charge in [-0.1, -0.05) is 0 Å². The fraction of sp³-hybridized carbons (Fsp3) is 0.412. The molecule has 2 N–H and O–H groups in total. The molecule has 4 rings (SSSR count). The van der Waals surface area contributed by atoms with Crippen molar-refractivity contribution in [1.82, 2.24) is 15.3 Å². The van der Waals surface area contributed by atoms with Crippen molar-refractivity contribution < 1.29 is 22.8 Å². The molecule has 0 unspecified atom stereocenters. The summed E-state index contributed by atoms with van der Waals surface area (Å²) in [5, 5.41) is 6.74. The zero-order valence-corrected chi connectivity index (χ0v) is 16.0. The lowest BCUT2D eigenvalue weighted by Gasteiger charge is -2.35. The van der Waals surface area contributed by atoms with Crippen LogP contribution in [0.15, 0.2) is 23.7 Å². The number of carbonyl (C=O) groups excluding carboxylic acids is 2. The molecule has 8 nitrogen and oxygen atoms in total. The molecule has 3 amide bonds. The highest BCUT2D eigenvalue weighted by atomic mass is 32.1. The molecular weight excluding hydrogens is 409 g/mol. The van der Waals surface area contributed by atoms with Gasteiger partial charge in [0, 0.05) is 24.7 Å². The summed E-state index contributed by atoms with van der Waals surface area (Å²) in [6.07, 6.45) is -2.28. The van der Waals surface area contributed by atoms with Gasteiger partial charge in [-0.25, -0.2) is 14.8 Å². The van der Waals surface area contributed by atoms with Gasteiger partial charge in [-0.15, -0.1) is 11.3 Å². The number of hydrogen-bond acceptors (Lipinski definition) is 6. The maximum atomic E-state index is 12.9. The van der Waals surface area contributed by atoms with Gasteiger partial charge >= 0.3 is 12.2 Å². The number of anilines is 3. The van der Waals surface area contributed by atoms with Gasteiger partial charge in [0.2, 0.25) is 0 Å². The molecule has 154 valence electrons. The van der Waals surface area contributed by atoms with Crippen LogP contribution in [0.4, 0.5) is 34.6 Å². The van der Waals surface area contributed by atoms with Gasteiger partial charge in [-0.3, -0.25) is 15.0 Å². The molecule has 2 aromatic rings. The summed E-state index contributed by atoms with van der Waals surface area (Å²) in [5.41, 5.74) is 0.475. The number of nitrogens with one attached hydrogen (secondary N) is 2. The summed E-state index contributed by atoms with van der Waals surface area (Å²) in [7, 11) is 0. The lowest BCUT2D eigenvalue weighted by molar-refractivity contribution is -0.149. The van der Waals surface area contributed by atoms with Crippen molar-refractivity contribution in [3.63, 3.8) is 0 Å². The Labute approximate surface area is 167 Å². The number of alkyl halides is 3. The van der Waals surface area contributed by atoms with Crippen LogP contribution in [0.25, 0.3) is 0 Å².